The summed E-state index contributed by atoms with van der Waals surface area (Å²) >= 11 is 6.42. The summed E-state index contributed by atoms with van der Waals surface area (Å²) in [6, 6.07) is 9.15. The van der Waals surface area contributed by atoms with Gasteiger partial charge in [-0.25, -0.2) is 4.98 Å². The first-order valence-corrected chi connectivity index (χ1v) is 12.8. The molecule has 1 aromatic heterocycles. The molecule has 3 aromatic rings. The van der Waals surface area contributed by atoms with Crippen molar-refractivity contribution in [2.24, 2.45) is 0 Å². The highest BCUT2D eigenvalue weighted by atomic mass is 35.5. The average molecular weight is 567 g/mol. The zero-order valence-electron chi connectivity index (χ0n) is 23.6. The van der Waals surface area contributed by atoms with Crippen LogP contribution in [0.2, 0.25) is 5.02 Å². The van der Waals surface area contributed by atoms with E-state index in [1.165, 1.54) is 19.2 Å². The van der Waals surface area contributed by atoms with Crippen LogP contribution in [0.5, 0.6) is 5.75 Å². The van der Waals surface area contributed by atoms with Gasteiger partial charge in [-0.1, -0.05) is 30.3 Å². The van der Waals surface area contributed by atoms with Crippen molar-refractivity contribution in [2.45, 2.75) is 13.8 Å². The Morgan fingerprint density at radius 2 is 1.82 bits per heavy atom. The summed E-state index contributed by atoms with van der Waals surface area (Å²) in [5.41, 5.74) is 3.97. The number of halogens is 1. The van der Waals surface area contributed by atoms with Gasteiger partial charge in [-0.15, -0.1) is 0 Å². The molecule has 0 aliphatic heterocycles. The average Bonchev–Trinajstić information content (AvgIpc) is 2.91. The molecule has 11 nitrogen and oxygen atoms in total. The summed E-state index contributed by atoms with van der Waals surface area (Å²) in [5.74, 6) is 0.531. The molecule has 0 spiro atoms. The smallest absolute Gasteiger partial charge is 0.247 e. The molecule has 0 saturated heterocycles. The molecule has 2 aromatic carbocycles. The van der Waals surface area contributed by atoms with Crippen LogP contribution in [0, 0.1) is 6.92 Å². The van der Waals surface area contributed by atoms with Gasteiger partial charge in [0.1, 0.15) is 10.8 Å². The number of para-hydroxylation sites is 1. The number of ether oxygens (including phenoxy) is 1. The third-order valence-electron chi connectivity index (χ3n) is 5.87. The van der Waals surface area contributed by atoms with Gasteiger partial charge in [-0.05, 0) is 44.8 Å². The second kappa shape index (κ2) is 13.6. The number of aromatic nitrogens is 2. The van der Waals surface area contributed by atoms with Gasteiger partial charge in [-0.3, -0.25) is 9.59 Å². The fourth-order valence-corrected chi connectivity index (χ4v) is 3.92. The summed E-state index contributed by atoms with van der Waals surface area (Å²) in [7, 11) is 7.49. The highest BCUT2D eigenvalue weighted by Crippen LogP contribution is 2.38. The molecule has 0 radical (unpaired) electrons. The van der Waals surface area contributed by atoms with E-state index in [2.05, 4.69) is 42.7 Å². The number of nitrogens with one attached hydrogen (secondary N) is 4. The number of carbonyl (C=O) groups excluding carboxylic acids is 2. The van der Waals surface area contributed by atoms with Crippen molar-refractivity contribution >= 4 is 63.6 Å². The van der Waals surface area contributed by atoms with Crippen molar-refractivity contribution in [2.75, 3.05) is 67.5 Å². The maximum Gasteiger partial charge on any atom is 0.247 e. The number of amides is 2. The van der Waals surface area contributed by atoms with Crippen LogP contribution in [0.25, 0.3) is 0 Å². The van der Waals surface area contributed by atoms with E-state index in [-0.39, 0.29) is 22.8 Å². The number of rotatable bonds is 12. The molecule has 0 atom stereocenters. The van der Waals surface area contributed by atoms with Crippen LogP contribution in [0.15, 0.2) is 49.2 Å². The minimum atomic E-state index is -0.347. The van der Waals surface area contributed by atoms with E-state index >= 15 is 0 Å². The van der Waals surface area contributed by atoms with Crippen LogP contribution in [-0.4, -0.2) is 68.0 Å². The topological polar surface area (TPSA) is 124 Å². The molecular formula is C28H35ClN8O3. The summed E-state index contributed by atoms with van der Waals surface area (Å²) in [6.07, 6.45) is 2.67. The van der Waals surface area contributed by atoms with Crippen LogP contribution >= 0.6 is 11.6 Å². The first-order valence-electron chi connectivity index (χ1n) is 12.5. The van der Waals surface area contributed by atoms with E-state index < -0.39 is 0 Å². The molecule has 2 amide bonds. The Hall–Kier alpha value is -4.35. The van der Waals surface area contributed by atoms with Gasteiger partial charge >= 0.3 is 0 Å². The van der Waals surface area contributed by atoms with Gasteiger partial charge in [-0.2, -0.15) is 4.98 Å². The summed E-state index contributed by atoms with van der Waals surface area (Å²) in [6.45, 7) is 8.42. The number of likely N-dealkylation sites (N-methyl/N-ethyl adjacent to an activating group) is 2. The lowest BCUT2D eigenvalue weighted by Crippen LogP contribution is -2.29. The summed E-state index contributed by atoms with van der Waals surface area (Å²) in [4.78, 5) is 37.0. The zero-order chi connectivity index (χ0) is 29.4. The largest absolute Gasteiger partial charge is 0.494 e. The minimum absolute atomic E-state index is 0.198. The van der Waals surface area contributed by atoms with Gasteiger partial charge in [0, 0.05) is 33.1 Å². The SMILES string of the molecule is C=CC(=O)Nc1cc(Nc2ncc(Cl)c(Nc3cccc(C)c3NC(C)=O)n2)c(OC)cc1N(C)CCN(C)C. The fourth-order valence-electron chi connectivity index (χ4n) is 3.78. The fraction of sp³-hybridized carbons (Fsp3) is 0.286. The van der Waals surface area contributed by atoms with E-state index in [0.29, 0.717) is 40.9 Å². The van der Waals surface area contributed by atoms with Crippen molar-refractivity contribution in [3.63, 3.8) is 0 Å². The predicted molar refractivity (Wildman–Crippen MR) is 163 cm³/mol. The highest BCUT2D eigenvalue weighted by molar-refractivity contribution is 6.33. The van der Waals surface area contributed by atoms with Gasteiger partial charge < -0.3 is 35.8 Å². The standard InChI is InChI=1S/C28H35ClN8O3/c1-8-25(39)32-21-14-22(24(40-7)15-23(21)37(6)13-12-36(4)5)34-28-30-16-19(29)27(35-28)33-20-11-9-10-17(2)26(20)31-18(3)38/h8-11,14-16H,1,12-13H2,2-7H3,(H,31,38)(H,32,39)(H2,30,33,34,35). The van der Waals surface area contributed by atoms with Crippen LogP contribution in [0.1, 0.15) is 12.5 Å². The van der Waals surface area contributed by atoms with E-state index in [0.717, 1.165) is 17.8 Å². The molecule has 3 rings (SSSR count). The third-order valence-corrected chi connectivity index (χ3v) is 6.15. The molecule has 12 heteroatoms. The van der Waals surface area contributed by atoms with Crippen molar-refractivity contribution in [1.82, 2.24) is 14.9 Å². The third kappa shape index (κ3) is 7.84. The Balaban J connectivity index is 1.98. The normalized spacial score (nSPS) is 10.6. The summed E-state index contributed by atoms with van der Waals surface area (Å²) < 4.78 is 5.67. The second-order valence-corrected chi connectivity index (χ2v) is 9.71. The van der Waals surface area contributed by atoms with E-state index in [4.69, 9.17) is 16.3 Å². The molecule has 212 valence electrons. The number of nitrogens with zero attached hydrogens (tertiary/aromatic N) is 4. The number of carbonyl (C=O) groups is 2. The molecule has 0 bridgehead atoms. The first kappa shape index (κ1) is 30.2. The maximum atomic E-state index is 12.2. The molecular weight excluding hydrogens is 532 g/mol. The van der Waals surface area contributed by atoms with Crippen molar-refractivity contribution in [3.8, 4) is 5.75 Å². The lowest BCUT2D eigenvalue weighted by molar-refractivity contribution is -0.114. The Kier molecular flexibility index (Phi) is 10.3. The minimum Gasteiger partial charge on any atom is -0.494 e. The Labute approximate surface area is 239 Å². The van der Waals surface area contributed by atoms with Gasteiger partial charge in [0.15, 0.2) is 5.82 Å². The van der Waals surface area contributed by atoms with Crippen molar-refractivity contribution in [1.29, 1.82) is 0 Å². The molecule has 0 unspecified atom stereocenters. The quantitative estimate of drug-likeness (QED) is 0.224. The predicted octanol–water partition coefficient (Wildman–Crippen LogP) is 5.01. The summed E-state index contributed by atoms with van der Waals surface area (Å²) in [5, 5.41) is 12.3. The van der Waals surface area contributed by atoms with Crippen molar-refractivity contribution in [3.05, 3.63) is 59.8 Å². The van der Waals surface area contributed by atoms with E-state index in [9.17, 15) is 9.59 Å². The number of aryl methyl sites for hydroxylation is 1. The molecule has 0 aliphatic rings. The lowest BCUT2D eigenvalue weighted by Gasteiger charge is -2.26. The van der Waals surface area contributed by atoms with Gasteiger partial charge in [0.05, 0.1) is 41.7 Å². The van der Waals surface area contributed by atoms with Gasteiger partial charge in [0.2, 0.25) is 17.8 Å². The maximum absolute atomic E-state index is 12.2. The number of methoxy groups -OCH3 is 1. The molecule has 0 fully saturated rings. The number of hydrogen-bond acceptors (Lipinski definition) is 9. The lowest BCUT2D eigenvalue weighted by atomic mass is 10.1. The monoisotopic (exact) mass is 566 g/mol. The molecule has 0 aliphatic carbocycles. The van der Waals surface area contributed by atoms with Gasteiger partial charge in [0.25, 0.3) is 0 Å². The van der Waals surface area contributed by atoms with Crippen molar-refractivity contribution < 1.29 is 14.3 Å². The van der Waals surface area contributed by atoms with Crippen LogP contribution < -0.4 is 30.9 Å². The highest BCUT2D eigenvalue weighted by Gasteiger charge is 2.17. The van der Waals surface area contributed by atoms with Crippen LogP contribution in [0.3, 0.4) is 0 Å². The molecule has 0 saturated carbocycles. The van der Waals surface area contributed by atoms with Crippen LogP contribution in [-0.2, 0) is 9.59 Å². The number of benzene rings is 2. The number of hydrogen-bond donors (Lipinski definition) is 4. The Morgan fingerprint density at radius 3 is 2.48 bits per heavy atom. The number of anilines is 7. The van der Waals surface area contributed by atoms with Crippen LogP contribution in [0.4, 0.5) is 40.2 Å². The molecule has 4 N–H and O–H groups in total. The molecule has 1 heterocycles. The first-order chi connectivity index (χ1) is 19.0. The van der Waals surface area contributed by atoms with E-state index in [1.807, 2.05) is 57.2 Å². The Morgan fingerprint density at radius 1 is 1.07 bits per heavy atom. The second-order valence-electron chi connectivity index (χ2n) is 9.31. The molecule has 40 heavy (non-hydrogen) atoms. The Bertz CT molecular complexity index is 1400. The van der Waals surface area contributed by atoms with E-state index in [1.54, 1.807) is 13.2 Å². The zero-order valence-corrected chi connectivity index (χ0v) is 24.3.